The Kier molecular flexibility index (Phi) is 7.39. The molecule has 1 rings (SSSR count). The lowest BCUT2D eigenvalue weighted by Crippen LogP contribution is -2.43. The number of carboxylic acid groups (broad SMARTS) is 1. The van der Waals surface area contributed by atoms with Crippen molar-refractivity contribution in [2.45, 2.75) is 19.4 Å². The summed E-state index contributed by atoms with van der Waals surface area (Å²) in [6.07, 6.45) is 2.25. The Morgan fingerprint density at radius 1 is 1.48 bits per heavy atom. The fraction of sp³-hybridized carbons (Fsp3) is 0.429. The molecule has 0 aliphatic carbocycles. The van der Waals surface area contributed by atoms with E-state index < -0.39 is 17.9 Å². The molecule has 0 aromatic heterocycles. The smallest absolute Gasteiger partial charge is 0.326 e. The predicted molar refractivity (Wildman–Crippen MR) is 84.2 cm³/mol. The first kappa shape index (κ1) is 17.7. The Hall–Kier alpha value is -1.40. The van der Waals surface area contributed by atoms with Gasteiger partial charge < -0.3 is 15.2 Å². The number of benzene rings is 1. The van der Waals surface area contributed by atoms with Gasteiger partial charge in [-0.1, -0.05) is 17.7 Å². The topological polar surface area (TPSA) is 75.6 Å². The van der Waals surface area contributed by atoms with Crippen LogP contribution in [0.2, 0.25) is 5.02 Å². The molecule has 0 saturated heterocycles. The van der Waals surface area contributed by atoms with Crippen LogP contribution in [-0.4, -0.2) is 41.6 Å². The molecule has 21 heavy (non-hydrogen) atoms. The van der Waals surface area contributed by atoms with Gasteiger partial charge in [-0.05, 0) is 43.0 Å². The Morgan fingerprint density at radius 2 is 2.19 bits per heavy atom. The monoisotopic (exact) mass is 331 g/mol. The molecule has 0 radical (unpaired) electrons. The third kappa shape index (κ3) is 6.27. The van der Waals surface area contributed by atoms with Crippen LogP contribution in [0.25, 0.3) is 0 Å². The maximum atomic E-state index is 11.7. The van der Waals surface area contributed by atoms with Gasteiger partial charge in [-0.15, -0.1) is 0 Å². The molecule has 0 aliphatic rings. The zero-order valence-corrected chi connectivity index (χ0v) is 13.5. The second-order valence-electron chi connectivity index (χ2n) is 4.46. The van der Waals surface area contributed by atoms with Gasteiger partial charge >= 0.3 is 5.97 Å². The number of carboxylic acids is 1. The van der Waals surface area contributed by atoms with Gasteiger partial charge in [-0.2, -0.15) is 11.8 Å². The van der Waals surface area contributed by atoms with Crippen LogP contribution in [0.4, 0.5) is 0 Å². The minimum atomic E-state index is -1.05. The van der Waals surface area contributed by atoms with Crippen molar-refractivity contribution in [1.29, 1.82) is 0 Å². The van der Waals surface area contributed by atoms with Gasteiger partial charge in [0, 0.05) is 0 Å². The molecule has 0 unspecified atom stereocenters. The molecule has 0 bridgehead atoms. The number of nitrogens with one attached hydrogen (secondary N) is 1. The maximum Gasteiger partial charge on any atom is 0.326 e. The fourth-order valence-corrected chi connectivity index (χ4v) is 2.24. The molecule has 0 saturated carbocycles. The van der Waals surface area contributed by atoms with E-state index in [-0.39, 0.29) is 6.61 Å². The number of hydrogen-bond acceptors (Lipinski definition) is 4. The van der Waals surface area contributed by atoms with E-state index >= 15 is 0 Å². The minimum absolute atomic E-state index is 0.272. The molecule has 5 nitrogen and oxygen atoms in total. The zero-order chi connectivity index (χ0) is 15.8. The Bertz CT molecular complexity index is 510. The highest BCUT2D eigenvalue weighted by molar-refractivity contribution is 7.98. The average Bonchev–Trinajstić information content (AvgIpc) is 2.44. The number of carbonyl (C=O) groups excluding carboxylic acids is 1. The zero-order valence-electron chi connectivity index (χ0n) is 11.9. The Labute approximate surface area is 133 Å². The van der Waals surface area contributed by atoms with Crippen LogP contribution in [0.15, 0.2) is 18.2 Å². The van der Waals surface area contributed by atoms with Crippen molar-refractivity contribution in [1.82, 2.24) is 5.32 Å². The standard InChI is InChI=1S/C14H18ClNO4S/c1-9-3-4-10(15)12(7-9)20-8-13(17)16-11(14(18)19)5-6-21-2/h3-4,7,11H,5-6,8H2,1-2H3,(H,16,17)(H,18,19)/t11-/m1/s1. The van der Waals surface area contributed by atoms with Crippen molar-refractivity contribution in [2.75, 3.05) is 18.6 Å². The molecular weight excluding hydrogens is 314 g/mol. The number of aryl methyl sites for hydroxylation is 1. The second-order valence-corrected chi connectivity index (χ2v) is 5.86. The third-order valence-electron chi connectivity index (χ3n) is 2.69. The second kappa shape index (κ2) is 8.79. The largest absolute Gasteiger partial charge is 0.482 e. The van der Waals surface area contributed by atoms with Crippen LogP contribution in [0.1, 0.15) is 12.0 Å². The fourth-order valence-electron chi connectivity index (χ4n) is 1.59. The van der Waals surface area contributed by atoms with Gasteiger partial charge in [0.25, 0.3) is 5.91 Å². The van der Waals surface area contributed by atoms with Crippen LogP contribution in [-0.2, 0) is 9.59 Å². The highest BCUT2D eigenvalue weighted by Gasteiger charge is 2.19. The van der Waals surface area contributed by atoms with E-state index in [0.29, 0.717) is 22.9 Å². The van der Waals surface area contributed by atoms with E-state index in [0.717, 1.165) is 5.56 Å². The van der Waals surface area contributed by atoms with E-state index in [1.54, 1.807) is 12.1 Å². The molecule has 1 aromatic carbocycles. The van der Waals surface area contributed by atoms with Gasteiger partial charge in [-0.25, -0.2) is 4.79 Å². The number of rotatable bonds is 8. The van der Waals surface area contributed by atoms with Crippen molar-refractivity contribution in [3.63, 3.8) is 0 Å². The summed E-state index contributed by atoms with van der Waals surface area (Å²) in [5.41, 5.74) is 0.957. The molecule has 0 aliphatic heterocycles. The first-order valence-electron chi connectivity index (χ1n) is 6.34. The van der Waals surface area contributed by atoms with Gasteiger partial charge in [-0.3, -0.25) is 4.79 Å². The quantitative estimate of drug-likeness (QED) is 0.764. The Balaban J connectivity index is 2.52. The minimum Gasteiger partial charge on any atom is -0.482 e. The number of amides is 1. The number of aliphatic carboxylic acids is 1. The molecule has 1 atom stereocenters. The number of halogens is 1. The first-order chi connectivity index (χ1) is 9.93. The van der Waals surface area contributed by atoms with Crippen molar-refractivity contribution < 1.29 is 19.4 Å². The molecule has 2 N–H and O–H groups in total. The summed E-state index contributed by atoms with van der Waals surface area (Å²) in [6, 6.07) is 4.33. The lowest BCUT2D eigenvalue weighted by molar-refractivity contribution is -0.142. The third-order valence-corrected chi connectivity index (χ3v) is 3.65. The molecule has 0 spiro atoms. The van der Waals surface area contributed by atoms with Crippen LogP contribution in [0.3, 0.4) is 0 Å². The number of carbonyl (C=O) groups is 2. The van der Waals surface area contributed by atoms with Gasteiger partial charge in [0.1, 0.15) is 11.8 Å². The average molecular weight is 332 g/mol. The first-order valence-corrected chi connectivity index (χ1v) is 8.11. The summed E-state index contributed by atoms with van der Waals surface area (Å²) in [5, 5.41) is 11.9. The van der Waals surface area contributed by atoms with Crippen LogP contribution in [0.5, 0.6) is 5.75 Å². The molecule has 116 valence electrons. The van der Waals surface area contributed by atoms with Gasteiger partial charge in [0.15, 0.2) is 6.61 Å². The van der Waals surface area contributed by atoms with Crippen molar-refractivity contribution >= 4 is 35.2 Å². The molecule has 7 heteroatoms. The number of thioether (sulfide) groups is 1. The van der Waals surface area contributed by atoms with Gasteiger partial charge in [0.2, 0.25) is 0 Å². The van der Waals surface area contributed by atoms with E-state index in [4.69, 9.17) is 21.4 Å². The maximum absolute atomic E-state index is 11.7. The highest BCUT2D eigenvalue weighted by atomic mass is 35.5. The number of ether oxygens (including phenoxy) is 1. The molecule has 1 amide bonds. The lowest BCUT2D eigenvalue weighted by Gasteiger charge is -2.14. The van der Waals surface area contributed by atoms with E-state index in [9.17, 15) is 9.59 Å². The van der Waals surface area contributed by atoms with Crippen molar-refractivity contribution in [3.8, 4) is 5.75 Å². The molecule has 0 fully saturated rings. The molecule has 0 heterocycles. The van der Waals surface area contributed by atoms with E-state index in [1.807, 2.05) is 19.2 Å². The van der Waals surface area contributed by atoms with Crippen molar-refractivity contribution in [3.05, 3.63) is 28.8 Å². The Morgan fingerprint density at radius 3 is 2.81 bits per heavy atom. The van der Waals surface area contributed by atoms with Crippen LogP contribution < -0.4 is 10.1 Å². The predicted octanol–water partition coefficient (Wildman–Crippen LogP) is 2.35. The molecule has 1 aromatic rings. The normalized spacial score (nSPS) is 11.8. The molecular formula is C14H18ClNO4S. The summed E-state index contributed by atoms with van der Waals surface area (Å²) in [4.78, 5) is 22.8. The van der Waals surface area contributed by atoms with Gasteiger partial charge in [0.05, 0.1) is 5.02 Å². The summed E-state index contributed by atoms with van der Waals surface area (Å²) < 4.78 is 5.32. The van der Waals surface area contributed by atoms with Crippen LogP contribution >= 0.6 is 23.4 Å². The van der Waals surface area contributed by atoms with Crippen molar-refractivity contribution in [2.24, 2.45) is 0 Å². The summed E-state index contributed by atoms with van der Waals surface area (Å²) in [6.45, 7) is 1.61. The summed E-state index contributed by atoms with van der Waals surface area (Å²) in [7, 11) is 0. The summed E-state index contributed by atoms with van der Waals surface area (Å²) in [5.74, 6) is -0.475. The van der Waals surface area contributed by atoms with Crippen LogP contribution in [0, 0.1) is 6.92 Å². The SMILES string of the molecule is CSCC[C@@H](NC(=O)COc1cc(C)ccc1Cl)C(=O)O. The highest BCUT2D eigenvalue weighted by Crippen LogP contribution is 2.25. The summed E-state index contributed by atoms with van der Waals surface area (Å²) >= 11 is 7.48. The van der Waals surface area contributed by atoms with E-state index in [1.165, 1.54) is 11.8 Å². The number of hydrogen-bond donors (Lipinski definition) is 2. The van der Waals surface area contributed by atoms with E-state index in [2.05, 4.69) is 5.32 Å². The lowest BCUT2D eigenvalue weighted by atomic mass is 10.2.